The molecule has 1 saturated heterocycles. The summed E-state index contributed by atoms with van der Waals surface area (Å²) in [5.74, 6) is 2.93. The zero-order valence-electron chi connectivity index (χ0n) is 18.4. The van der Waals surface area contributed by atoms with Crippen molar-refractivity contribution in [2.24, 2.45) is 4.99 Å². The molecule has 9 nitrogen and oxygen atoms in total. The number of anilines is 2. The zero-order chi connectivity index (χ0) is 21.2. The fourth-order valence-electron chi connectivity index (χ4n) is 3.37. The molecule has 31 heavy (non-hydrogen) atoms. The number of hydrogen-bond donors (Lipinski definition) is 2. The number of piperazine rings is 1. The Morgan fingerprint density at radius 2 is 1.77 bits per heavy atom. The number of methoxy groups -OCH3 is 2. The first-order valence-corrected chi connectivity index (χ1v) is 10.2. The van der Waals surface area contributed by atoms with Crippen LogP contribution in [0.1, 0.15) is 6.42 Å². The summed E-state index contributed by atoms with van der Waals surface area (Å²) in [6.07, 6.45) is 4.63. The molecule has 0 bridgehead atoms. The first-order chi connectivity index (χ1) is 14.7. The lowest BCUT2D eigenvalue weighted by atomic mass is 10.2. The molecule has 3 rings (SSSR count). The van der Waals surface area contributed by atoms with E-state index >= 15 is 0 Å². The van der Waals surface area contributed by atoms with Gasteiger partial charge in [0.05, 0.1) is 14.2 Å². The summed E-state index contributed by atoms with van der Waals surface area (Å²) in [5, 5.41) is 6.65. The average Bonchev–Trinajstić information content (AvgIpc) is 2.81. The molecular formula is C21H32IN7O2. The van der Waals surface area contributed by atoms with E-state index in [9.17, 15) is 0 Å². The SMILES string of the molecule is CN=C(NCCCN1CCN(c2ncccn2)CC1)Nc1ccc(OC)c(OC)c1.I. The summed E-state index contributed by atoms with van der Waals surface area (Å²) in [5.41, 5.74) is 0.889. The third kappa shape index (κ3) is 7.39. The van der Waals surface area contributed by atoms with Crippen molar-refractivity contribution in [2.45, 2.75) is 6.42 Å². The van der Waals surface area contributed by atoms with Gasteiger partial charge in [-0.3, -0.25) is 9.89 Å². The molecule has 1 fully saturated rings. The van der Waals surface area contributed by atoms with Crippen molar-refractivity contribution >= 4 is 41.6 Å². The summed E-state index contributed by atoms with van der Waals surface area (Å²) in [7, 11) is 5.02. The molecule has 0 amide bonds. The van der Waals surface area contributed by atoms with Gasteiger partial charge in [0, 0.05) is 63.9 Å². The highest BCUT2D eigenvalue weighted by atomic mass is 127. The summed E-state index contributed by atoms with van der Waals surface area (Å²) < 4.78 is 10.6. The predicted octanol–water partition coefficient (Wildman–Crippen LogP) is 2.31. The van der Waals surface area contributed by atoms with Crippen LogP contribution in [0.3, 0.4) is 0 Å². The summed E-state index contributed by atoms with van der Waals surface area (Å²) in [6.45, 7) is 5.85. The van der Waals surface area contributed by atoms with Crippen LogP contribution in [-0.2, 0) is 0 Å². The van der Waals surface area contributed by atoms with Crippen molar-refractivity contribution in [3.8, 4) is 11.5 Å². The molecule has 0 aliphatic carbocycles. The van der Waals surface area contributed by atoms with E-state index in [-0.39, 0.29) is 24.0 Å². The third-order valence-corrected chi connectivity index (χ3v) is 5.02. The Hall–Kier alpha value is -2.34. The molecule has 1 aromatic carbocycles. The van der Waals surface area contributed by atoms with Crippen molar-refractivity contribution in [2.75, 3.05) is 70.8 Å². The normalized spacial score (nSPS) is 14.5. The van der Waals surface area contributed by atoms with E-state index in [1.54, 1.807) is 33.7 Å². The maximum Gasteiger partial charge on any atom is 0.225 e. The van der Waals surface area contributed by atoms with Gasteiger partial charge in [0.25, 0.3) is 0 Å². The van der Waals surface area contributed by atoms with Crippen LogP contribution in [0.15, 0.2) is 41.7 Å². The second kappa shape index (κ2) is 13.2. The highest BCUT2D eigenvalue weighted by molar-refractivity contribution is 14.0. The van der Waals surface area contributed by atoms with E-state index in [0.717, 1.165) is 63.3 Å². The number of aromatic nitrogens is 2. The van der Waals surface area contributed by atoms with Gasteiger partial charge in [0.2, 0.25) is 5.95 Å². The molecule has 170 valence electrons. The average molecular weight is 541 g/mol. The van der Waals surface area contributed by atoms with Crippen LogP contribution < -0.4 is 25.0 Å². The van der Waals surface area contributed by atoms with Crippen LogP contribution >= 0.6 is 24.0 Å². The fraction of sp³-hybridized carbons (Fsp3) is 0.476. The highest BCUT2D eigenvalue weighted by Crippen LogP contribution is 2.29. The molecule has 0 spiro atoms. The largest absolute Gasteiger partial charge is 0.493 e. The molecule has 0 unspecified atom stereocenters. The van der Waals surface area contributed by atoms with E-state index in [1.807, 2.05) is 24.3 Å². The van der Waals surface area contributed by atoms with Gasteiger partial charge in [0.1, 0.15) is 0 Å². The van der Waals surface area contributed by atoms with Crippen LogP contribution in [0.25, 0.3) is 0 Å². The Morgan fingerprint density at radius 3 is 2.42 bits per heavy atom. The number of halogens is 1. The lowest BCUT2D eigenvalue weighted by molar-refractivity contribution is 0.254. The van der Waals surface area contributed by atoms with E-state index in [4.69, 9.17) is 9.47 Å². The Balaban J connectivity index is 0.00000341. The van der Waals surface area contributed by atoms with Crippen LogP contribution in [-0.4, -0.2) is 81.4 Å². The fourth-order valence-corrected chi connectivity index (χ4v) is 3.37. The van der Waals surface area contributed by atoms with Gasteiger partial charge < -0.3 is 25.0 Å². The second-order valence-electron chi connectivity index (χ2n) is 6.92. The van der Waals surface area contributed by atoms with Gasteiger partial charge in [-0.25, -0.2) is 9.97 Å². The van der Waals surface area contributed by atoms with Gasteiger partial charge in [-0.1, -0.05) is 0 Å². The maximum atomic E-state index is 5.35. The van der Waals surface area contributed by atoms with Crippen LogP contribution in [0.2, 0.25) is 0 Å². The van der Waals surface area contributed by atoms with Gasteiger partial charge in [0.15, 0.2) is 17.5 Å². The minimum atomic E-state index is 0. The monoisotopic (exact) mass is 541 g/mol. The number of ether oxygens (including phenoxy) is 2. The molecule has 0 atom stereocenters. The Bertz CT molecular complexity index is 815. The Morgan fingerprint density at radius 1 is 1.06 bits per heavy atom. The number of nitrogens with zero attached hydrogens (tertiary/aromatic N) is 5. The number of nitrogens with one attached hydrogen (secondary N) is 2. The Labute approximate surface area is 201 Å². The minimum Gasteiger partial charge on any atom is -0.493 e. The predicted molar refractivity (Wildman–Crippen MR) is 135 cm³/mol. The molecule has 2 N–H and O–H groups in total. The van der Waals surface area contributed by atoms with Gasteiger partial charge in [-0.15, -0.1) is 24.0 Å². The highest BCUT2D eigenvalue weighted by Gasteiger charge is 2.18. The number of guanidine groups is 1. The first-order valence-electron chi connectivity index (χ1n) is 10.2. The van der Waals surface area contributed by atoms with Crippen LogP contribution in [0, 0.1) is 0 Å². The van der Waals surface area contributed by atoms with Gasteiger partial charge in [-0.05, 0) is 31.2 Å². The smallest absolute Gasteiger partial charge is 0.225 e. The topological polar surface area (TPSA) is 87.1 Å². The van der Waals surface area contributed by atoms with Crippen molar-refractivity contribution in [3.63, 3.8) is 0 Å². The number of aliphatic imine (C=N–C) groups is 1. The van der Waals surface area contributed by atoms with Crippen LogP contribution in [0.4, 0.5) is 11.6 Å². The minimum absolute atomic E-state index is 0. The maximum absolute atomic E-state index is 5.35. The molecule has 0 saturated carbocycles. The molecule has 0 radical (unpaired) electrons. The van der Waals surface area contributed by atoms with Gasteiger partial charge in [-0.2, -0.15) is 0 Å². The quantitative estimate of drug-likeness (QED) is 0.228. The Kier molecular flexibility index (Phi) is 10.6. The molecule has 2 aromatic rings. The van der Waals surface area contributed by atoms with Crippen molar-refractivity contribution in [1.29, 1.82) is 0 Å². The molecule has 10 heteroatoms. The number of hydrogen-bond acceptors (Lipinski definition) is 7. The summed E-state index contributed by atoms with van der Waals surface area (Å²) >= 11 is 0. The van der Waals surface area contributed by atoms with E-state index in [1.165, 1.54) is 0 Å². The molecule has 1 aliphatic rings. The summed E-state index contributed by atoms with van der Waals surface area (Å²) in [6, 6.07) is 7.54. The number of benzene rings is 1. The van der Waals surface area contributed by atoms with Crippen molar-refractivity contribution in [1.82, 2.24) is 20.2 Å². The van der Waals surface area contributed by atoms with E-state index in [2.05, 4.69) is 35.4 Å². The first kappa shape index (κ1) is 24.9. The molecule has 2 heterocycles. The van der Waals surface area contributed by atoms with Crippen LogP contribution in [0.5, 0.6) is 11.5 Å². The molecular weight excluding hydrogens is 509 g/mol. The standard InChI is InChI=1S/C21H31N7O2.HI/c1-22-20(26-17-6-7-18(29-2)19(16-17)30-3)23-10-5-11-27-12-14-28(15-13-27)21-24-8-4-9-25-21;/h4,6-9,16H,5,10-15H2,1-3H3,(H2,22,23,26);1H. The third-order valence-electron chi connectivity index (χ3n) is 5.02. The number of rotatable bonds is 8. The lowest BCUT2D eigenvalue weighted by Crippen LogP contribution is -2.47. The molecule has 1 aromatic heterocycles. The van der Waals surface area contributed by atoms with E-state index < -0.39 is 0 Å². The molecule has 1 aliphatic heterocycles. The zero-order valence-corrected chi connectivity index (χ0v) is 20.7. The van der Waals surface area contributed by atoms with E-state index in [0.29, 0.717) is 11.5 Å². The lowest BCUT2D eigenvalue weighted by Gasteiger charge is -2.34. The van der Waals surface area contributed by atoms with Crippen molar-refractivity contribution in [3.05, 3.63) is 36.7 Å². The summed E-state index contributed by atoms with van der Waals surface area (Å²) in [4.78, 5) is 17.7. The second-order valence-corrected chi connectivity index (χ2v) is 6.92. The van der Waals surface area contributed by atoms with Gasteiger partial charge >= 0.3 is 0 Å². The van der Waals surface area contributed by atoms with Crippen molar-refractivity contribution < 1.29 is 9.47 Å².